The number of rotatable bonds is 51. The van der Waals surface area contributed by atoms with Crippen molar-refractivity contribution in [1.82, 2.24) is 0 Å². The molecule has 0 unspecified atom stereocenters. The predicted molar refractivity (Wildman–Crippen MR) is 279 cm³/mol. The highest BCUT2D eigenvalue weighted by molar-refractivity contribution is 5.71. The number of hydrogen-bond donors (Lipinski definition) is 0. The van der Waals surface area contributed by atoms with E-state index in [2.05, 4.69) is 69.4 Å². The summed E-state index contributed by atoms with van der Waals surface area (Å²) in [6.45, 7) is 6.60. The monoisotopic (exact) mass is 911 g/mol. The van der Waals surface area contributed by atoms with Gasteiger partial charge < -0.3 is 14.2 Å². The predicted octanol–water partition coefficient (Wildman–Crippen LogP) is 18.7. The second kappa shape index (κ2) is 54.0. The van der Waals surface area contributed by atoms with Crippen LogP contribution in [0.4, 0.5) is 0 Å². The van der Waals surface area contributed by atoms with Crippen molar-refractivity contribution in [2.24, 2.45) is 0 Å². The summed E-state index contributed by atoms with van der Waals surface area (Å²) in [6, 6.07) is 0. The van der Waals surface area contributed by atoms with Gasteiger partial charge in [0.15, 0.2) is 6.10 Å². The van der Waals surface area contributed by atoms with Crippen LogP contribution in [0.25, 0.3) is 0 Å². The molecule has 0 aliphatic carbocycles. The average molecular weight is 911 g/mol. The molecule has 0 saturated carbocycles. The van der Waals surface area contributed by atoms with Gasteiger partial charge in [0, 0.05) is 19.3 Å². The van der Waals surface area contributed by atoms with E-state index in [4.69, 9.17) is 14.2 Å². The molecule has 0 spiro atoms. The zero-order valence-corrected chi connectivity index (χ0v) is 43.3. The lowest BCUT2D eigenvalue weighted by atomic mass is 10.0. The normalized spacial score (nSPS) is 12.4. The zero-order valence-electron chi connectivity index (χ0n) is 43.3. The Morgan fingerprint density at radius 2 is 0.554 bits per heavy atom. The summed E-state index contributed by atoms with van der Waals surface area (Å²) in [5.41, 5.74) is 0. The van der Waals surface area contributed by atoms with Gasteiger partial charge in [-0.15, -0.1) is 0 Å². The number of ether oxygens (including phenoxy) is 3. The molecule has 0 heterocycles. The van der Waals surface area contributed by atoms with Crippen LogP contribution in [0.2, 0.25) is 0 Å². The summed E-state index contributed by atoms with van der Waals surface area (Å²) in [5, 5.41) is 0. The second-order valence-corrected chi connectivity index (χ2v) is 18.8. The molecule has 0 aromatic carbocycles. The quantitative estimate of drug-likeness (QED) is 0.0262. The molecule has 1 atom stereocenters. The van der Waals surface area contributed by atoms with Gasteiger partial charge in [-0.05, 0) is 83.5 Å². The van der Waals surface area contributed by atoms with Gasteiger partial charge in [0.25, 0.3) is 0 Å². The van der Waals surface area contributed by atoms with Gasteiger partial charge in [0.2, 0.25) is 0 Å². The van der Waals surface area contributed by atoms with E-state index in [1.165, 1.54) is 161 Å². The molecular formula is C59H106O6. The van der Waals surface area contributed by atoms with Crippen molar-refractivity contribution < 1.29 is 28.6 Å². The largest absolute Gasteiger partial charge is 0.462 e. The van der Waals surface area contributed by atoms with Crippen LogP contribution >= 0.6 is 0 Å². The Morgan fingerprint density at radius 1 is 0.308 bits per heavy atom. The number of hydrogen-bond acceptors (Lipinski definition) is 6. The summed E-state index contributed by atoms with van der Waals surface area (Å²) < 4.78 is 16.8. The Balaban J connectivity index is 4.36. The molecule has 378 valence electrons. The highest BCUT2D eigenvalue weighted by Crippen LogP contribution is 2.16. The SMILES string of the molecule is CCCCC/C=C\C/C=C\CCCCCCCCCCCC(=O)OC[C@@H](COC(=O)CCCCCCCCCCCCCCC)OC(=O)CCCCCCC/C=C\C/C=C\CCCCC. The first-order valence-corrected chi connectivity index (χ1v) is 28.1. The van der Waals surface area contributed by atoms with Crippen molar-refractivity contribution in [3.05, 3.63) is 48.6 Å². The van der Waals surface area contributed by atoms with Crippen LogP contribution in [0.15, 0.2) is 48.6 Å². The van der Waals surface area contributed by atoms with Crippen molar-refractivity contribution in [2.45, 2.75) is 297 Å². The molecule has 0 aliphatic rings. The standard InChI is InChI=1S/C59H106O6/c1-4-7-10-13-16-19-22-25-27-28-29-30-32-34-37-40-43-46-49-52-58(61)64-55-56(54-63-57(60)51-48-45-42-39-36-33-24-21-18-15-12-9-6-3)65-59(62)53-50-47-44-41-38-35-31-26-23-20-17-14-11-8-5-2/h16-17,19-20,25-27,31,56H,4-15,18,21-24,28-30,32-55H2,1-3H3/b19-16-,20-17-,27-25-,31-26-/t56-/m1/s1. The van der Waals surface area contributed by atoms with Crippen molar-refractivity contribution in [3.63, 3.8) is 0 Å². The van der Waals surface area contributed by atoms with E-state index in [9.17, 15) is 14.4 Å². The summed E-state index contributed by atoms with van der Waals surface area (Å²) in [4.78, 5) is 38.1. The van der Waals surface area contributed by atoms with Gasteiger partial charge in [-0.1, -0.05) is 236 Å². The third-order valence-electron chi connectivity index (χ3n) is 12.3. The van der Waals surface area contributed by atoms with Crippen LogP contribution < -0.4 is 0 Å². The fourth-order valence-corrected chi connectivity index (χ4v) is 8.03. The lowest BCUT2D eigenvalue weighted by Gasteiger charge is -2.18. The smallest absolute Gasteiger partial charge is 0.306 e. The van der Waals surface area contributed by atoms with E-state index in [0.717, 1.165) is 89.9 Å². The molecule has 0 aliphatic heterocycles. The molecule has 0 aromatic heterocycles. The number of unbranched alkanes of at least 4 members (excludes halogenated alkanes) is 32. The third kappa shape index (κ3) is 52.2. The van der Waals surface area contributed by atoms with Gasteiger partial charge in [0.05, 0.1) is 0 Å². The van der Waals surface area contributed by atoms with E-state index in [-0.39, 0.29) is 31.1 Å². The maximum Gasteiger partial charge on any atom is 0.306 e. The van der Waals surface area contributed by atoms with Crippen LogP contribution in [0.1, 0.15) is 290 Å². The average Bonchev–Trinajstić information content (AvgIpc) is 3.30. The lowest BCUT2D eigenvalue weighted by Crippen LogP contribution is -2.30. The van der Waals surface area contributed by atoms with E-state index >= 15 is 0 Å². The van der Waals surface area contributed by atoms with Crippen molar-refractivity contribution in [3.8, 4) is 0 Å². The van der Waals surface area contributed by atoms with Crippen LogP contribution in [0.3, 0.4) is 0 Å². The van der Waals surface area contributed by atoms with Gasteiger partial charge >= 0.3 is 17.9 Å². The maximum atomic E-state index is 12.8. The lowest BCUT2D eigenvalue weighted by molar-refractivity contribution is -0.167. The van der Waals surface area contributed by atoms with Crippen LogP contribution in [-0.2, 0) is 28.6 Å². The molecule has 65 heavy (non-hydrogen) atoms. The molecule has 0 bridgehead atoms. The first kappa shape index (κ1) is 62.4. The maximum absolute atomic E-state index is 12.8. The van der Waals surface area contributed by atoms with Gasteiger partial charge in [-0.2, -0.15) is 0 Å². The molecule has 0 fully saturated rings. The molecule has 0 radical (unpaired) electrons. The number of allylic oxidation sites excluding steroid dienone is 8. The Kier molecular flexibility index (Phi) is 51.8. The topological polar surface area (TPSA) is 78.9 Å². The molecule has 0 rings (SSSR count). The molecular weight excluding hydrogens is 805 g/mol. The van der Waals surface area contributed by atoms with Gasteiger partial charge in [0.1, 0.15) is 13.2 Å². The van der Waals surface area contributed by atoms with Crippen LogP contribution in [0, 0.1) is 0 Å². The van der Waals surface area contributed by atoms with Crippen molar-refractivity contribution in [2.75, 3.05) is 13.2 Å². The Morgan fingerprint density at radius 3 is 0.877 bits per heavy atom. The van der Waals surface area contributed by atoms with E-state index < -0.39 is 6.10 Å². The third-order valence-corrected chi connectivity index (χ3v) is 12.3. The molecule has 0 amide bonds. The minimum Gasteiger partial charge on any atom is -0.462 e. The minimum absolute atomic E-state index is 0.0774. The van der Waals surface area contributed by atoms with E-state index in [1.54, 1.807) is 0 Å². The molecule has 0 aromatic rings. The summed E-state index contributed by atoms with van der Waals surface area (Å²) in [6.07, 6.45) is 65.2. The van der Waals surface area contributed by atoms with E-state index in [1.807, 2.05) is 0 Å². The first-order chi connectivity index (χ1) is 32.0. The van der Waals surface area contributed by atoms with Gasteiger partial charge in [-0.3, -0.25) is 14.4 Å². The highest BCUT2D eigenvalue weighted by Gasteiger charge is 2.19. The highest BCUT2D eigenvalue weighted by atomic mass is 16.6. The number of carbonyl (C=O) groups excluding carboxylic acids is 3. The van der Waals surface area contributed by atoms with Gasteiger partial charge in [-0.25, -0.2) is 0 Å². The van der Waals surface area contributed by atoms with Crippen molar-refractivity contribution in [1.29, 1.82) is 0 Å². The Bertz CT molecular complexity index is 1140. The Labute approximate surface area is 403 Å². The minimum atomic E-state index is -0.779. The summed E-state index contributed by atoms with van der Waals surface area (Å²) in [5.74, 6) is -0.883. The summed E-state index contributed by atoms with van der Waals surface area (Å²) in [7, 11) is 0. The molecule has 0 N–H and O–H groups in total. The fourth-order valence-electron chi connectivity index (χ4n) is 8.03. The Hall–Kier alpha value is -2.63. The first-order valence-electron chi connectivity index (χ1n) is 28.1. The molecule has 0 saturated heterocycles. The second-order valence-electron chi connectivity index (χ2n) is 18.8. The molecule has 6 nitrogen and oxygen atoms in total. The van der Waals surface area contributed by atoms with E-state index in [0.29, 0.717) is 19.3 Å². The number of carbonyl (C=O) groups is 3. The van der Waals surface area contributed by atoms with Crippen LogP contribution in [-0.4, -0.2) is 37.2 Å². The zero-order chi connectivity index (χ0) is 47.2. The van der Waals surface area contributed by atoms with Crippen LogP contribution in [0.5, 0.6) is 0 Å². The number of esters is 3. The molecule has 6 heteroatoms. The fraction of sp³-hybridized carbons (Fsp3) is 0.814. The summed E-state index contributed by atoms with van der Waals surface area (Å²) >= 11 is 0. The van der Waals surface area contributed by atoms with Crippen molar-refractivity contribution >= 4 is 17.9 Å².